The van der Waals surface area contributed by atoms with Crippen molar-refractivity contribution in [3.05, 3.63) is 35.4 Å². The number of benzene rings is 1. The Morgan fingerprint density at radius 2 is 2.00 bits per heavy atom. The molecular weight excluding hydrogens is 268 g/mol. The van der Waals surface area contributed by atoms with E-state index in [1.807, 2.05) is 0 Å². The lowest BCUT2D eigenvalue weighted by molar-refractivity contribution is 0.0935. The maximum Gasteiger partial charge on any atom is 0.257 e. The van der Waals surface area contributed by atoms with Gasteiger partial charge in [0.25, 0.3) is 5.91 Å². The van der Waals surface area contributed by atoms with Crippen LogP contribution in [0.15, 0.2) is 18.2 Å². The number of rotatable bonds is 3. The second-order valence-corrected chi connectivity index (χ2v) is 3.77. The number of amides is 1. The fraction of sp³-hybridized carbons (Fsp3) is 0.300. The van der Waals surface area contributed by atoms with Crippen molar-refractivity contribution < 1.29 is 13.6 Å². The Hall–Kier alpha value is -0.970. The quantitative estimate of drug-likeness (QED) is 0.845. The molecule has 0 saturated heterocycles. The Kier molecular flexibility index (Phi) is 4.20. The van der Waals surface area contributed by atoms with Crippen LogP contribution in [0.25, 0.3) is 0 Å². The summed E-state index contributed by atoms with van der Waals surface area (Å²) in [5.41, 5.74) is -0.537. The van der Waals surface area contributed by atoms with E-state index in [2.05, 4.69) is 21.2 Å². The molecule has 0 fully saturated rings. The lowest BCUT2D eigenvalue weighted by Crippen LogP contribution is -2.34. The fourth-order valence-corrected chi connectivity index (χ4v) is 1.21. The Balaban J connectivity index is 2.91. The first-order valence-corrected chi connectivity index (χ1v) is 5.49. The minimum Gasteiger partial charge on any atom is -0.349 e. The lowest BCUT2D eigenvalue weighted by atomic mass is 10.2. The van der Waals surface area contributed by atoms with Gasteiger partial charge >= 0.3 is 0 Å². The van der Waals surface area contributed by atoms with Gasteiger partial charge < -0.3 is 5.32 Å². The molecule has 0 aliphatic carbocycles. The van der Waals surface area contributed by atoms with Crippen LogP contribution in [0.1, 0.15) is 17.3 Å². The van der Waals surface area contributed by atoms with Crippen molar-refractivity contribution in [3.8, 4) is 0 Å². The van der Waals surface area contributed by atoms with Crippen LogP contribution in [0.2, 0.25) is 0 Å². The third-order valence-electron chi connectivity index (χ3n) is 1.80. The van der Waals surface area contributed by atoms with Gasteiger partial charge in [0.05, 0.1) is 0 Å². The zero-order chi connectivity index (χ0) is 11.4. The molecule has 0 aliphatic rings. The van der Waals surface area contributed by atoms with Crippen molar-refractivity contribution in [2.45, 2.75) is 13.0 Å². The molecule has 15 heavy (non-hydrogen) atoms. The molecule has 0 aromatic heterocycles. The summed E-state index contributed by atoms with van der Waals surface area (Å²) >= 11 is 3.15. The summed E-state index contributed by atoms with van der Waals surface area (Å²) in [6, 6.07) is 3.14. The molecular formula is C10H10BrF2NO. The van der Waals surface area contributed by atoms with Crippen LogP contribution in [-0.4, -0.2) is 17.3 Å². The molecule has 1 unspecified atom stereocenters. The SMILES string of the molecule is CC(CBr)NC(=O)c1c(F)cccc1F. The van der Waals surface area contributed by atoms with Crippen molar-refractivity contribution in [1.82, 2.24) is 5.32 Å². The van der Waals surface area contributed by atoms with Crippen LogP contribution >= 0.6 is 15.9 Å². The van der Waals surface area contributed by atoms with Crippen LogP contribution < -0.4 is 5.32 Å². The largest absolute Gasteiger partial charge is 0.349 e. The van der Waals surface area contributed by atoms with Gasteiger partial charge in [-0.2, -0.15) is 0 Å². The second-order valence-electron chi connectivity index (χ2n) is 3.13. The highest BCUT2D eigenvalue weighted by molar-refractivity contribution is 9.09. The van der Waals surface area contributed by atoms with Crippen molar-refractivity contribution in [1.29, 1.82) is 0 Å². The van der Waals surface area contributed by atoms with Crippen molar-refractivity contribution in [2.75, 3.05) is 5.33 Å². The normalized spacial score (nSPS) is 12.3. The topological polar surface area (TPSA) is 29.1 Å². The average molecular weight is 278 g/mol. The van der Waals surface area contributed by atoms with E-state index in [1.165, 1.54) is 6.07 Å². The number of carbonyl (C=O) groups excluding carboxylic acids is 1. The van der Waals surface area contributed by atoms with E-state index in [4.69, 9.17) is 0 Å². The maximum absolute atomic E-state index is 13.1. The molecule has 1 amide bonds. The smallest absolute Gasteiger partial charge is 0.257 e. The Morgan fingerprint density at radius 1 is 1.47 bits per heavy atom. The van der Waals surface area contributed by atoms with Crippen molar-refractivity contribution in [3.63, 3.8) is 0 Å². The maximum atomic E-state index is 13.1. The Morgan fingerprint density at radius 3 is 2.47 bits per heavy atom. The molecule has 0 heterocycles. The molecule has 1 N–H and O–H groups in total. The van der Waals surface area contributed by atoms with E-state index >= 15 is 0 Å². The van der Waals surface area contributed by atoms with Crippen LogP contribution in [0.5, 0.6) is 0 Å². The Bertz CT molecular complexity index is 350. The van der Waals surface area contributed by atoms with Crippen molar-refractivity contribution in [2.24, 2.45) is 0 Å². The molecule has 1 rings (SSSR count). The molecule has 0 spiro atoms. The number of alkyl halides is 1. The van der Waals surface area contributed by atoms with E-state index in [-0.39, 0.29) is 6.04 Å². The van der Waals surface area contributed by atoms with Crippen LogP contribution in [0, 0.1) is 11.6 Å². The fourth-order valence-electron chi connectivity index (χ4n) is 1.05. The van der Waals surface area contributed by atoms with Gasteiger partial charge in [0.2, 0.25) is 0 Å². The summed E-state index contributed by atoms with van der Waals surface area (Å²) in [6.07, 6.45) is 0. The number of hydrogen-bond donors (Lipinski definition) is 1. The van der Waals surface area contributed by atoms with Gasteiger partial charge in [0.1, 0.15) is 17.2 Å². The number of carbonyl (C=O) groups is 1. The summed E-state index contributed by atoms with van der Waals surface area (Å²) in [7, 11) is 0. The zero-order valence-electron chi connectivity index (χ0n) is 8.06. The second kappa shape index (κ2) is 5.21. The minimum atomic E-state index is -0.853. The summed E-state index contributed by atoms with van der Waals surface area (Å²) in [5.74, 6) is -2.44. The first-order valence-electron chi connectivity index (χ1n) is 4.37. The molecule has 0 radical (unpaired) electrons. The molecule has 0 aliphatic heterocycles. The first kappa shape index (κ1) is 12.1. The zero-order valence-corrected chi connectivity index (χ0v) is 9.64. The number of hydrogen-bond acceptors (Lipinski definition) is 1. The van der Waals surface area contributed by atoms with Gasteiger partial charge in [0.15, 0.2) is 0 Å². The molecule has 5 heteroatoms. The van der Waals surface area contributed by atoms with E-state index in [1.54, 1.807) is 6.92 Å². The Labute approximate surface area is 94.8 Å². The molecule has 0 saturated carbocycles. The van der Waals surface area contributed by atoms with Crippen LogP contribution in [0.4, 0.5) is 8.78 Å². The summed E-state index contributed by atoms with van der Waals surface area (Å²) in [4.78, 5) is 11.4. The summed E-state index contributed by atoms with van der Waals surface area (Å²) in [6.45, 7) is 1.73. The van der Waals surface area contributed by atoms with Gasteiger partial charge in [-0.1, -0.05) is 22.0 Å². The van der Waals surface area contributed by atoms with E-state index < -0.39 is 23.1 Å². The lowest BCUT2D eigenvalue weighted by Gasteiger charge is -2.11. The highest BCUT2D eigenvalue weighted by atomic mass is 79.9. The third-order valence-corrected chi connectivity index (χ3v) is 2.77. The highest BCUT2D eigenvalue weighted by Gasteiger charge is 2.17. The van der Waals surface area contributed by atoms with Crippen LogP contribution in [0.3, 0.4) is 0 Å². The van der Waals surface area contributed by atoms with Gasteiger partial charge in [0, 0.05) is 11.4 Å². The van der Waals surface area contributed by atoms with E-state index in [0.717, 1.165) is 12.1 Å². The predicted molar refractivity (Wildman–Crippen MR) is 57.1 cm³/mol. The number of halogens is 3. The van der Waals surface area contributed by atoms with Gasteiger partial charge in [-0.05, 0) is 19.1 Å². The predicted octanol–water partition coefficient (Wildman–Crippen LogP) is 2.48. The summed E-state index contributed by atoms with van der Waals surface area (Å²) < 4.78 is 26.3. The van der Waals surface area contributed by atoms with Crippen molar-refractivity contribution >= 4 is 21.8 Å². The van der Waals surface area contributed by atoms with Gasteiger partial charge in [-0.3, -0.25) is 4.79 Å². The average Bonchev–Trinajstić information content (AvgIpc) is 2.17. The van der Waals surface area contributed by atoms with Gasteiger partial charge in [-0.25, -0.2) is 8.78 Å². The van der Waals surface area contributed by atoms with Gasteiger partial charge in [-0.15, -0.1) is 0 Å². The summed E-state index contributed by atoms with van der Waals surface area (Å²) in [5, 5.41) is 2.98. The third kappa shape index (κ3) is 2.99. The van der Waals surface area contributed by atoms with Crippen LogP contribution in [-0.2, 0) is 0 Å². The molecule has 82 valence electrons. The molecule has 2 nitrogen and oxygen atoms in total. The minimum absolute atomic E-state index is 0.184. The number of nitrogens with one attached hydrogen (secondary N) is 1. The molecule has 1 aromatic rings. The molecule has 0 bridgehead atoms. The molecule has 1 atom stereocenters. The van der Waals surface area contributed by atoms with E-state index in [9.17, 15) is 13.6 Å². The first-order chi connectivity index (χ1) is 7.06. The molecule has 1 aromatic carbocycles. The standard InChI is InChI=1S/C10H10BrF2NO/c1-6(5-11)14-10(15)9-7(12)3-2-4-8(9)13/h2-4,6H,5H2,1H3,(H,14,15). The monoisotopic (exact) mass is 277 g/mol. The van der Waals surface area contributed by atoms with E-state index in [0.29, 0.717) is 5.33 Å². The highest BCUT2D eigenvalue weighted by Crippen LogP contribution is 2.11.